The molecule has 1 aliphatic heterocycles. The topological polar surface area (TPSA) is 19.4 Å². The van der Waals surface area contributed by atoms with E-state index in [2.05, 4.69) is 199 Å². The molecule has 6 aromatic carbocycles. The largest absolute Gasteiger partial charge is 0.333 e. The minimum atomic E-state index is -0.0956. The zero-order chi connectivity index (χ0) is 35.5. The first-order valence-electron chi connectivity index (χ1n) is 18.5. The Bertz CT molecular complexity index is 2550. The highest BCUT2D eigenvalue weighted by Gasteiger charge is 2.38. The van der Waals surface area contributed by atoms with Crippen LogP contribution < -0.4 is 9.80 Å². The van der Waals surface area contributed by atoms with Gasteiger partial charge in [0.05, 0.1) is 6.04 Å². The molecule has 0 spiro atoms. The summed E-state index contributed by atoms with van der Waals surface area (Å²) in [7, 11) is 0. The number of aromatic nitrogens is 1. The molecule has 2 aliphatic carbocycles. The Labute approximate surface area is 311 Å². The van der Waals surface area contributed by atoms with Gasteiger partial charge in [0.15, 0.2) is 0 Å². The Morgan fingerprint density at radius 1 is 0.585 bits per heavy atom. The molecule has 254 valence electrons. The molecule has 3 heteroatoms. The molecule has 0 saturated carbocycles. The number of anilines is 5. The summed E-state index contributed by atoms with van der Waals surface area (Å²) < 4.78 is 0. The van der Waals surface area contributed by atoms with Crippen molar-refractivity contribution in [1.29, 1.82) is 0 Å². The molecule has 10 rings (SSSR count). The lowest BCUT2D eigenvalue weighted by Gasteiger charge is -2.30. The van der Waals surface area contributed by atoms with Gasteiger partial charge in [-0.05, 0) is 105 Å². The average molecular weight is 682 g/mol. The van der Waals surface area contributed by atoms with Gasteiger partial charge in [-0.15, -0.1) is 0 Å². The van der Waals surface area contributed by atoms with Crippen molar-refractivity contribution in [2.75, 3.05) is 9.80 Å². The first-order chi connectivity index (χ1) is 26.0. The molecular formula is C50H39N3. The van der Waals surface area contributed by atoms with E-state index in [0.717, 1.165) is 28.2 Å². The summed E-state index contributed by atoms with van der Waals surface area (Å²) in [6.45, 7) is 4.70. The van der Waals surface area contributed by atoms with Gasteiger partial charge in [0.1, 0.15) is 0 Å². The first-order valence-corrected chi connectivity index (χ1v) is 18.5. The van der Waals surface area contributed by atoms with Crippen LogP contribution in [0.4, 0.5) is 28.4 Å². The summed E-state index contributed by atoms with van der Waals surface area (Å²) in [4.78, 5) is 9.29. The third kappa shape index (κ3) is 5.15. The van der Waals surface area contributed by atoms with Gasteiger partial charge in [-0.25, -0.2) is 0 Å². The molecule has 7 aromatic rings. The summed E-state index contributed by atoms with van der Waals surface area (Å²) in [5, 5.41) is 0. The smallest absolute Gasteiger partial charge is 0.0630 e. The van der Waals surface area contributed by atoms with Gasteiger partial charge in [0.2, 0.25) is 0 Å². The number of fused-ring (bicyclic) bond motifs is 6. The van der Waals surface area contributed by atoms with E-state index in [-0.39, 0.29) is 17.4 Å². The number of pyridine rings is 1. The van der Waals surface area contributed by atoms with E-state index in [0.29, 0.717) is 0 Å². The average Bonchev–Trinajstić information content (AvgIpc) is 3.67. The third-order valence-corrected chi connectivity index (χ3v) is 11.5. The summed E-state index contributed by atoms with van der Waals surface area (Å²) in [5.41, 5.74) is 17.3. The van der Waals surface area contributed by atoms with E-state index in [1.54, 1.807) is 0 Å². The number of para-hydroxylation sites is 2. The number of allylic oxidation sites excluding steroid dienone is 2. The molecule has 0 bridgehead atoms. The second kappa shape index (κ2) is 12.4. The molecule has 3 aliphatic rings. The Morgan fingerprint density at radius 3 is 2.17 bits per heavy atom. The number of rotatable bonds is 6. The Morgan fingerprint density at radius 2 is 1.32 bits per heavy atom. The van der Waals surface area contributed by atoms with Crippen LogP contribution in [0.25, 0.3) is 27.8 Å². The van der Waals surface area contributed by atoms with Crippen molar-refractivity contribution < 1.29 is 0 Å². The van der Waals surface area contributed by atoms with Crippen LogP contribution in [0.1, 0.15) is 42.0 Å². The normalized spacial score (nSPS) is 17.4. The molecule has 3 nitrogen and oxygen atoms in total. The highest BCUT2D eigenvalue weighted by Crippen LogP contribution is 2.52. The second-order valence-corrected chi connectivity index (χ2v) is 14.8. The van der Waals surface area contributed by atoms with Crippen LogP contribution in [0.2, 0.25) is 0 Å². The minimum Gasteiger partial charge on any atom is -0.333 e. The van der Waals surface area contributed by atoms with Crippen molar-refractivity contribution in [3.8, 4) is 22.3 Å². The van der Waals surface area contributed by atoms with Gasteiger partial charge in [0, 0.05) is 57.7 Å². The Hall–Kier alpha value is -6.45. The quantitative estimate of drug-likeness (QED) is 0.174. The maximum absolute atomic E-state index is 4.41. The van der Waals surface area contributed by atoms with Crippen LogP contribution in [0, 0.1) is 0 Å². The van der Waals surface area contributed by atoms with Crippen LogP contribution in [0.3, 0.4) is 0 Å². The molecule has 0 radical (unpaired) electrons. The summed E-state index contributed by atoms with van der Waals surface area (Å²) in [6, 6.07) is 57.8. The van der Waals surface area contributed by atoms with Crippen LogP contribution in [-0.4, -0.2) is 11.0 Å². The van der Waals surface area contributed by atoms with Gasteiger partial charge < -0.3 is 9.80 Å². The molecule has 0 fully saturated rings. The third-order valence-electron chi connectivity index (χ3n) is 11.5. The standard InChI is InChI=1S/C50H39N3/c1-50(2)46-19-8-6-17-42(46)43-27-26-41(32-47(43)50)52(40-16-10-12-35(30-40)37-13-11-29-51-33-37)39-24-21-34(22-25-39)36-23-28-49-45(31-36)44-18-7-9-20-48(44)53(49)38-14-4-3-5-15-38/h3-33,45,49H,1-2H3. The van der Waals surface area contributed by atoms with Gasteiger partial charge in [-0.1, -0.05) is 129 Å². The van der Waals surface area contributed by atoms with Crippen molar-refractivity contribution in [2.24, 2.45) is 0 Å². The molecule has 1 aromatic heterocycles. The number of hydrogen-bond acceptors (Lipinski definition) is 3. The monoisotopic (exact) mass is 681 g/mol. The fourth-order valence-electron chi connectivity index (χ4n) is 8.87. The molecule has 2 atom stereocenters. The van der Waals surface area contributed by atoms with E-state index in [1.807, 2.05) is 18.5 Å². The highest BCUT2D eigenvalue weighted by atomic mass is 15.2. The van der Waals surface area contributed by atoms with Crippen molar-refractivity contribution in [3.63, 3.8) is 0 Å². The van der Waals surface area contributed by atoms with Crippen LogP contribution in [-0.2, 0) is 5.41 Å². The van der Waals surface area contributed by atoms with Crippen LogP contribution in [0.5, 0.6) is 0 Å². The predicted molar refractivity (Wildman–Crippen MR) is 221 cm³/mol. The van der Waals surface area contributed by atoms with Crippen LogP contribution in [0.15, 0.2) is 188 Å². The lowest BCUT2D eigenvalue weighted by atomic mass is 9.82. The van der Waals surface area contributed by atoms with Gasteiger partial charge in [-0.3, -0.25) is 4.98 Å². The maximum atomic E-state index is 4.41. The molecule has 0 N–H and O–H groups in total. The summed E-state index contributed by atoms with van der Waals surface area (Å²) in [6.07, 6.45) is 10.9. The van der Waals surface area contributed by atoms with E-state index >= 15 is 0 Å². The highest BCUT2D eigenvalue weighted by molar-refractivity contribution is 5.88. The van der Waals surface area contributed by atoms with Crippen molar-refractivity contribution in [1.82, 2.24) is 4.98 Å². The number of nitrogens with zero attached hydrogens (tertiary/aromatic N) is 3. The summed E-state index contributed by atoms with van der Waals surface area (Å²) in [5.74, 6) is 0.275. The van der Waals surface area contributed by atoms with Crippen molar-refractivity contribution in [3.05, 3.63) is 211 Å². The SMILES string of the molecule is CC1(C)c2ccccc2-c2ccc(N(c3ccc(C4=CC5c6ccccc6N(c6ccccc6)C5C=C4)cc3)c3cccc(-c4cccnc4)c3)cc21. The molecule has 0 saturated heterocycles. The lowest BCUT2D eigenvalue weighted by Crippen LogP contribution is -2.28. The number of hydrogen-bond donors (Lipinski definition) is 0. The predicted octanol–water partition coefficient (Wildman–Crippen LogP) is 12.8. The molecule has 0 amide bonds. The van der Waals surface area contributed by atoms with Crippen molar-refractivity contribution in [2.45, 2.75) is 31.2 Å². The van der Waals surface area contributed by atoms with E-state index in [1.165, 1.54) is 50.3 Å². The number of benzene rings is 6. The Balaban J connectivity index is 1.04. The van der Waals surface area contributed by atoms with Crippen molar-refractivity contribution >= 4 is 34.0 Å². The van der Waals surface area contributed by atoms with Gasteiger partial charge in [0.25, 0.3) is 0 Å². The zero-order valence-corrected chi connectivity index (χ0v) is 29.9. The van der Waals surface area contributed by atoms with E-state index in [9.17, 15) is 0 Å². The fraction of sp³-hybridized carbons (Fsp3) is 0.100. The van der Waals surface area contributed by atoms with Gasteiger partial charge >= 0.3 is 0 Å². The van der Waals surface area contributed by atoms with E-state index < -0.39 is 0 Å². The summed E-state index contributed by atoms with van der Waals surface area (Å²) >= 11 is 0. The van der Waals surface area contributed by atoms with E-state index in [4.69, 9.17) is 0 Å². The molecule has 53 heavy (non-hydrogen) atoms. The molecule has 2 heterocycles. The zero-order valence-electron chi connectivity index (χ0n) is 29.9. The second-order valence-electron chi connectivity index (χ2n) is 14.8. The molecular weight excluding hydrogens is 643 g/mol. The van der Waals surface area contributed by atoms with Gasteiger partial charge in [-0.2, -0.15) is 0 Å². The van der Waals surface area contributed by atoms with Crippen LogP contribution >= 0.6 is 0 Å². The minimum absolute atomic E-state index is 0.0956. The first kappa shape index (κ1) is 31.3. The lowest BCUT2D eigenvalue weighted by molar-refractivity contribution is 0.660. The Kier molecular flexibility index (Phi) is 7.29. The fourth-order valence-corrected chi connectivity index (χ4v) is 8.87. The maximum Gasteiger partial charge on any atom is 0.0630 e. The molecule has 2 unspecified atom stereocenters.